The van der Waals surface area contributed by atoms with Crippen molar-refractivity contribution in [2.45, 2.75) is 27.7 Å². The Labute approximate surface area is 199 Å². The molecule has 0 nitrogen and oxygen atoms in total. The second-order valence-electron chi connectivity index (χ2n) is 6.64. The predicted molar refractivity (Wildman–Crippen MR) is 129 cm³/mol. The molecule has 29 heavy (non-hydrogen) atoms. The normalized spacial score (nSPS) is 14.5. The van der Waals surface area contributed by atoms with Gasteiger partial charge in [-0.2, -0.15) is 11.1 Å². The molecule has 3 aromatic carbocycles. The number of halogens is 1. The van der Waals surface area contributed by atoms with Crippen molar-refractivity contribution in [3.63, 3.8) is 0 Å². The van der Waals surface area contributed by atoms with Crippen molar-refractivity contribution < 1.29 is 23.3 Å². The first-order valence-electron chi connectivity index (χ1n) is 8.90. The molecule has 3 aromatic rings. The van der Waals surface area contributed by atoms with E-state index in [0.717, 1.165) is 5.02 Å². The fourth-order valence-electron chi connectivity index (χ4n) is 3.21. The fraction of sp³-hybridized carbons (Fsp3) is 0.192. The summed E-state index contributed by atoms with van der Waals surface area (Å²) in [4.78, 5) is 0. The van der Waals surface area contributed by atoms with Gasteiger partial charge < -0.3 is 14.9 Å². The molecule has 0 heterocycles. The Balaban J connectivity index is 0.000000524. The van der Waals surface area contributed by atoms with Crippen molar-refractivity contribution in [3.05, 3.63) is 103 Å². The van der Waals surface area contributed by atoms with E-state index in [1.165, 1.54) is 62.0 Å². The zero-order valence-corrected chi connectivity index (χ0v) is 22.4. The van der Waals surface area contributed by atoms with E-state index in [1.807, 2.05) is 18.2 Å². The van der Waals surface area contributed by atoms with Gasteiger partial charge in [0.15, 0.2) is 0 Å². The first-order valence-corrected chi connectivity index (χ1v) is 13.5. The predicted octanol–water partition coefficient (Wildman–Crippen LogP) is 8.12. The van der Waals surface area contributed by atoms with Crippen LogP contribution < -0.4 is 0 Å². The third kappa shape index (κ3) is 6.99. The maximum absolute atomic E-state index is 5.97. The molecule has 0 bridgehead atoms. The Hall–Kier alpha value is -1.08. The minimum absolute atomic E-state index is 0. The van der Waals surface area contributed by atoms with Crippen LogP contribution in [0.2, 0.25) is 5.02 Å². The van der Waals surface area contributed by atoms with Gasteiger partial charge >= 0.3 is 30.2 Å². The van der Waals surface area contributed by atoms with E-state index >= 15 is 0 Å². The van der Waals surface area contributed by atoms with Crippen LogP contribution in [0, 0.1) is 26.8 Å². The summed E-state index contributed by atoms with van der Waals surface area (Å²) in [7, 11) is 0. The number of hydrogen-bond acceptors (Lipinski definition) is 0. The summed E-state index contributed by atoms with van der Waals surface area (Å²) >= 11 is 7.33. The van der Waals surface area contributed by atoms with E-state index < -0.39 is 0 Å². The minimum atomic E-state index is 0. The van der Waals surface area contributed by atoms with Crippen molar-refractivity contribution in [3.8, 4) is 11.1 Å². The summed E-state index contributed by atoms with van der Waals surface area (Å²) in [6.07, 6.45) is 3.36. The number of benzene rings is 2. The first kappa shape index (κ1) is 27.9. The fourth-order valence-corrected chi connectivity index (χ4v) is 3.39. The van der Waals surface area contributed by atoms with Gasteiger partial charge in [0, 0.05) is 0 Å². The van der Waals surface area contributed by atoms with Gasteiger partial charge in [0.2, 0.25) is 0 Å². The molecule has 0 N–H and O–H groups in total. The second-order valence-corrected chi connectivity index (χ2v) is 7.08. The average Bonchev–Trinajstić information content (AvgIpc) is 3.21. The topological polar surface area (TPSA) is 0 Å². The van der Waals surface area contributed by atoms with Gasteiger partial charge in [0.25, 0.3) is 0 Å². The molecule has 0 saturated carbocycles. The van der Waals surface area contributed by atoms with Crippen LogP contribution >= 0.6 is 11.6 Å². The van der Waals surface area contributed by atoms with Gasteiger partial charge in [-0.15, -0.1) is 47.5 Å². The molecule has 4 rings (SSSR count). The van der Waals surface area contributed by atoms with Gasteiger partial charge in [-0.25, -0.2) is 5.57 Å². The molecule has 0 amide bonds. The van der Waals surface area contributed by atoms with Crippen LogP contribution in [-0.4, -0.2) is 6.88 Å². The summed E-state index contributed by atoms with van der Waals surface area (Å²) in [5.74, 6) is 0.560. The molecule has 3 heteroatoms. The standard InChI is InChI=1S/C15H10Cl.C9H13.2CH3.Si.Zr/c16-13-7-9-15-12(10-13)6-8-14(15)11-4-2-1-3-5-11;1-6-5-7(2)9(4)8(6)3;;;;/h1-10H;6H,1-4H3;2*1H3;;/q4*-1;;. The molecule has 0 aromatic heterocycles. The van der Waals surface area contributed by atoms with Crippen molar-refractivity contribution >= 4 is 29.3 Å². The summed E-state index contributed by atoms with van der Waals surface area (Å²) in [6, 6.07) is 20.7. The van der Waals surface area contributed by atoms with E-state index in [4.69, 9.17) is 11.6 Å². The van der Waals surface area contributed by atoms with Gasteiger partial charge in [-0.05, 0) is 5.02 Å². The Morgan fingerprint density at radius 3 is 2.10 bits per heavy atom. The zero-order chi connectivity index (χ0) is 20.0. The van der Waals surface area contributed by atoms with Crippen molar-refractivity contribution in [1.29, 1.82) is 0 Å². The molecule has 152 valence electrons. The Bertz CT molecular complexity index is 967. The van der Waals surface area contributed by atoms with Crippen LogP contribution in [0.15, 0.2) is 77.4 Å². The van der Waals surface area contributed by atoms with E-state index in [9.17, 15) is 0 Å². The maximum atomic E-state index is 5.97. The number of fused-ring (bicyclic) bond motifs is 1. The third-order valence-electron chi connectivity index (χ3n) is 5.05. The van der Waals surface area contributed by atoms with Crippen LogP contribution in [0.5, 0.6) is 0 Å². The Morgan fingerprint density at radius 1 is 1.00 bits per heavy atom. The van der Waals surface area contributed by atoms with Crippen LogP contribution in [-0.2, 0) is 23.3 Å². The molecule has 0 aliphatic heterocycles. The van der Waals surface area contributed by atoms with Crippen LogP contribution in [0.25, 0.3) is 21.9 Å². The second kappa shape index (κ2) is 13.3. The van der Waals surface area contributed by atoms with E-state index in [0.29, 0.717) is 5.92 Å². The summed E-state index contributed by atoms with van der Waals surface area (Å²) in [5.41, 5.74) is 6.77. The number of hydrogen-bond donors (Lipinski definition) is 0. The summed E-state index contributed by atoms with van der Waals surface area (Å²) < 4.78 is 0. The SMILES string of the molecule is CC1=[C-]C(C)C(C)=C1C.Clc1ccc2c(-c3ccccc3)c[cH-]c2c1.[CH3-].[CH3-].[Si]=[Zr]. The quantitative estimate of drug-likeness (QED) is 0.236. The number of rotatable bonds is 1. The van der Waals surface area contributed by atoms with Crippen LogP contribution in [0.3, 0.4) is 0 Å². The molecule has 1 unspecified atom stereocenters. The van der Waals surface area contributed by atoms with Gasteiger partial charge in [-0.1, -0.05) is 80.3 Å². The monoisotopic (exact) mass is 494 g/mol. The van der Waals surface area contributed by atoms with Crippen molar-refractivity contribution in [2.75, 3.05) is 0 Å². The summed E-state index contributed by atoms with van der Waals surface area (Å²) in [5, 5.41) is 3.25. The van der Waals surface area contributed by atoms with Crippen LogP contribution in [0.1, 0.15) is 27.7 Å². The van der Waals surface area contributed by atoms with Gasteiger partial charge in [-0.3, -0.25) is 6.08 Å². The molecule has 1 aliphatic carbocycles. The molecular weight excluding hydrogens is 467 g/mol. The summed E-state index contributed by atoms with van der Waals surface area (Å²) in [6.45, 7) is 11.7. The van der Waals surface area contributed by atoms with E-state index in [-0.39, 0.29) is 14.9 Å². The Kier molecular flexibility index (Phi) is 12.8. The molecule has 1 aliphatic rings. The Morgan fingerprint density at radius 2 is 1.62 bits per heavy atom. The van der Waals surface area contributed by atoms with Crippen LogP contribution in [0.4, 0.5) is 0 Å². The molecular formula is C26H29ClSiZr-4. The third-order valence-corrected chi connectivity index (χ3v) is 5.29. The molecule has 0 saturated heterocycles. The van der Waals surface area contributed by atoms with E-state index in [1.54, 1.807) is 0 Å². The first-order chi connectivity index (χ1) is 13.0. The van der Waals surface area contributed by atoms with Gasteiger partial charge in [0.05, 0.1) is 0 Å². The molecule has 2 radical (unpaired) electrons. The molecule has 0 spiro atoms. The molecule has 0 fully saturated rings. The van der Waals surface area contributed by atoms with Crippen molar-refractivity contribution in [1.82, 2.24) is 0 Å². The van der Waals surface area contributed by atoms with Crippen molar-refractivity contribution in [2.24, 2.45) is 5.92 Å². The average molecular weight is 496 g/mol. The number of allylic oxidation sites excluding steroid dienone is 4. The molecule has 1 atom stereocenters. The van der Waals surface area contributed by atoms with Gasteiger partial charge in [0.1, 0.15) is 0 Å². The zero-order valence-electron chi connectivity index (χ0n) is 18.2. The van der Waals surface area contributed by atoms with E-state index in [2.05, 4.69) is 83.1 Å².